The summed E-state index contributed by atoms with van der Waals surface area (Å²) >= 11 is 0. The van der Waals surface area contributed by atoms with Crippen LogP contribution >= 0.6 is 0 Å². The molecule has 2 heterocycles. The predicted molar refractivity (Wildman–Crippen MR) is 126 cm³/mol. The Morgan fingerprint density at radius 3 is 2.30 bits per heavy atom. The van der Waals surface area contributed by atoms with Crippen LogP contribution in [0.1, 0.15) is 17.2 Å². The summed E-state index contributed by atoms with van der Waals surface area (Å²) in [4.78, 5) is 31.6. The Morgan fingerprint density at radius 2 is 1.67 bits per heavy atom. The van der Waals surface area contributed by atoms with Gasteiger partial charge in [-0.1, -0.05) is 12.1 Å². The fraction of sp³-hybridized carbons (Fsp3) is 0.360. The third-order valence-electron chi connectivity index (χ3n) is 5.87. The molecule has 2 aliphatic rings. The van der Waals surface area contributed by atoms with Gasteiger partial charge in [0.05, 0.1) is 11.6 Å². The summed E-state index contributed by atoms with van der Waals surface area (Å²) in [6.45, 7) is 1.81. The van der Waals surface area contributed by atoms with Crippen LogP contribution in [0, 0.1) is 0 Å². The fourth-order valence-electron chi connectivity index (χ4n) is 4.07. The Bertz CT molecular complexity index is 1090. The first kappa shape index (κ1) is 22.7. The van der Waals surface area contributed by atoms with Crippen LogP contribution < -0.4 is 14.4 Å². The van der Waals surface area contributed by atoms with Gasteiger partial charge in [0.1, 0.15) is 19.0 Å². The second-order valence-corrected chi connectivity index (χ2v) is 8.64. The normalized spacial score (nSPS) is 19.3. The lowest BCUT2D eigenvalue weighted by atomic mass is 9.95. The van der Waals surface area contributed by atoms with Gasteiger partial charge in [0, 0.05) is 38.4 Å². The first-order valence-electron chi connectivity index (χ1n) is 10.9. The highest BCUT2D eigenvalue weighted by molar-refractivity contribution is 6.46. The second-order valence-electron chi connectivity index (χ2n) is 8.64. The largest absolute Gasteiger partial charge is 0.507 e. The zero-order valence-corrected chi connectivity index (χ0v) is 19.4. The van der Waals surface area contributed by atoms with E-state index < -0.39 is 17.7 Å². The smallest absolute Gasteiger partial charge is 0.295 e. The van der Waals surface area contributed by atoms with Crippen molar-refractivity contribution in [3.05, 3.63) is 59.2 Å². The molecule has 0 aromatic heterocycles. The van der Waals surface area contributed by atoms with Crippen molar-refractivity contribution in [1.82, 2.24) is 9.80 Å². The number of Topliss-reactive ketones (excluding diaryl/α,β-unsaturated/α-hetero) is 1. The van der Waals surface area contributed by atoms with Crippen molar-refractivity contribution in [1.29, 1.82) is 0 Å². The third-order valence-corrected chi connectivity index (χ3v) is 5.87. The summed E-state index contributed by atoms with van der Waals surface area (Å²) in [7, 11) is 7.71. The van der Waals surface area contributed by atoms with Crippen LogP contribution in [0.4, 0.5) is 5.69 Å². The number of hydrogen-bond donors (Lipinski definition) is 1. The van der Waals surface area contributed by atoms with E-state index in [4.69, 9.17) is 9.47 Å². The molecule has 1 saturated heterocycles. The molecule has 2 aromatic carbocycles. The third kappa shape index (κ3) is 4.39. The number of hydrogen-bond acceptors (Lipinski definition) is 7. The fourth-order valence-corrected chi connectivity index (χ4v) is 4.07. The van der Waals surface area contributed by atoms with Crippen LogP contribution in [0.15, 0.2) is 48.0 Å². The molecule has 0 aliphatic carbocycles. The zero-order chi connectivity index (χ0) is 23.7. The van der Waals surface area contributed by atoms with E-state index in [1.54, 1.807) is 18.2 Å². The van der Waals surface area contributed by atoms with E-state index in [2.05, 4.69) is 0 Å². The second kappa shape index (κ2) is 9.15. The van der Waals surface area contributed by atoms with Gasteiger partial charge in [0.25, 0.3) is 11.7 Å². The summed E-state index contributed by atoms with van der Waals surface area (Å²) in [5.74, 6) is -0.445. The molecule has 1 amide bonds. The predicted octanol–water partition coefficient (Wildman–Crippen LogP) is 2.51. The minimum atomic E-state index is -0.692. The molecule has 4 rings (SSSR count). The van der Waals surface area contributed by atoms with Gasteiger partial charge in [-0.2, -0.15) is 0 Å². The molecule has 0 radical (unpaired) electrons. The molecule has 2 aromatic rings. The minimum absolute atomic E-state index is 0.0769. The Kier molecular flexibility index (Phi) is 6.29. The SMILES string of the molecule is CN(C)CCN1C(=O)C(=O)/C(=C(\O)c2ccc3c(c2)OCCO3)C1c1ccc(N(C)C)cc1. The lowest BCUT2D eigenvalue weighted by molar-refractivity contribution is -0.140. The van der Waals surface area contributed by atoms with Gasteiger partial charge in [0.2, 0.25) is 0 Å². The van der Waals surface area contributed by atoms with Gasteiger partial charge >= 0.3 is 0 Å². The number of aliphatic hydroxyl groups excluding tert-OH is 1. The van der Waals surface area contributed by atoms with E-state index in [9.17, 15) is 14.7 Å². The van der Waals surface area contributed by atoms with Crippen molar-refractivity contribution in [2.45, 2.75) is 6.04 Å². The quantitative estimate of drug-likeness (QED) is 0.411. The molecule has 1 N–H and O–H groups in total. The summed E-state index contributed by atoms with van der Waals surface area (Å²) in [5.41, 5.74) is 2.24. The average molecular weight is 452 g/mol. The molecule has 33 heavy (non-hydrogen) atoms. The van der Waals surface area contributed by atoms with E-state index >= 15 is 0 Å². The van der Waals surface area contributed by atoms with E-state index in [-0.39, 0.29) is 11.3 Å². The number of ketones is 1. The number of benzene rings is 2. The number of likely N-dealkylation sites (N-methyl/N-ethyl adjacent to an activating group) is 1. The Labute approximate surface area is 193 Å². The number of likely N-dealkylation sites (tertiary alicyclic amines) is 1. The highest BCUT2D eigenvalue weighted by Crippen LogP contribution is 2.41. The first-order valence-corrected chi connectivity index (χ1v) is 10.9. The molecule has 174 valence electrons. The number of ether oxygens (including phenoxy) is 2. The number of carbonyl (C=O) groups excluding carboxylic acids is 2. The zero-order valence-electron chi connectivity index (χ0n) is 19.4. The highest BCUT2D eigenvalue weighted by atomic mass is 16.6. The molecular weight excluding hydrogens is 422 g/mol. The molecule has 8 nitrogen and oxygen atoms in total. The van der Waals surface area contributed by atoms with E-state index in [0.29, 0.717) is 43.4 Å². The molecule has 0 spiro atoms. The lowest BCUT2D eigenvalue weighted by Crippen LogP contribution is -2.35. The summed E-state index contributed by atoms with van der Waals surface area (Å²) in [6, 6.07) is 12.0. The topological polar surface area (TPSA) is 82.6 Å². The molecule has 0 saturated carbocycles. The van der Waals surface area contributed by atoms with E-state index in [1.807, 2.05) is 62.3 Å². The van der Waals surface area contributed by atoms with Crippen molar-refractivity contribution in [2.75, 3.05) is 59.4 Å². The molecule has 1 fully saturated rings. The first-order chi connectivity index (χ1) is 15.8. The van der Waals surface area contributed by atoms with Crippen LogP contribution in [0.25, 0.3) is 5.76 Å². The number of nitrogens with zero attached hydrogens (tertiary/aromatic N) is 3. The molecule has 1 unspecified atom stereocenters. The number of amides is 1. The molecule has 2 aliphatic heterocycles. The number of rotatable bonds is 6. The van der Waals surface area contributed by atoms with Gasteiger partial charge in [-0.3, -0.25) is 9.59 Å². The van der Waals surface area contributed by atoms with Crippen molar-refractivity contribution in [2.24, 2.45) is 0 Å². The van der Waals surface area contributed by atoms with Crippen molar-refractivity contribution in [3.8, 4) is 11.5 Å². The molecular formula is C25H29N3O5. The number of aliphatic hydroxyl groups is 1. The van der Waals surface area contributed by atoms with Crippen molar-refractivity contribution in [3.63, 3.8) is 0 Å². The van der Waals surface area contributed by atoms with Gasteiger partial charge in [-0.25, -0.2) is 0 Å². The number of carbonyl (C=O) groups is 2. The van der Waals surface area contributed by atoms with Crippen molar-refractivity contribution >= 4 is 23.1 Å². The standard InChI is InChI=1S/C25H29N3O5/c1-26(2)11-12-28-22(16-5-8-18(9-6-16)27(3)4)21(24(30)25(28)31)23(29)17-7-10-19-20(15-17)33-14-13-32-19/h5-10,15,22,29H,11-14H2,1-4H3/b23-21-. The highest BCUT2D eigenvalue weighted by Gasteiger charge is 2.46. The Morgan fingerprint density at radius 1 is 1.00 bits per heavy atom. The molecule has 0 bridgehead atoms. The van der Waals surface area contributed by atoms with Crippen LogP contribution in [0.2, 0.25) is 0 Å². The van der Waals surface area contributed by atoms with E-state index in [0.717, 1.165) is 11.3 Å². The molecule has 8 heteroatoms. The van der Waals surface area contributed by atoms with Crippen LogP contribution in [0.5, 0.6) is 11.5 Å². The number of anilines is 1. The summed E-state index contributed by atoms with van der Waals surface area (Å²) < 4.78 is 11.2. The van der Waals surface area contributed by atoms with Gasteiger partial charge in [-0.15, -0.1) is 0 Å². The molecule has 1 atom stereocenters. The van der Waals surface area contributed by atoms with Gasteiger partial charge < -0.3 is 29.3 Å². The van der Waals surface area contributed by atoms with E-state index in [1.165, 1.54) is 4.90 Å². The monoisotopic (exact) mass is 451 g/mol. The lowest BCUT2D eigenvalue weighted by Gasteiger charge is -2.27. The summed E-state index contributed by atoms with van der Waals surface area (Å²) in [6.07, 6.45) is 0. The minimum Gasteiger partial charge on any atom is -0.507 e. The van der Waals surface area contributed by atoms with Crippen LogP contribution in [0.3, 0.4) is 0 Å². The van der Waals surface area contributed by atoms with Gasteiger partial charge in [0.15, 0.2) is 11.5 Å². The Hall–Kier alpha value is -3.52. The summed E-state index contributed by atoms with van der Waals surface area (Å²) in [5, 5.41) is 11.2. The van der Waals surface area contributed by atoms with Crippen LogP contribution in [-0.2, 0) is 9.59 Å². The maximum absolute atomic E-state index is 13.1. The van der Waals surface area contributed by atoms with Crippen molar-refractivity contribution < 1.29 is 24.2 Å². The average Bonchev–Trinajstić information content (AvgIpc) is 3.06. The maximum Gasteiger partial charge on any atom is 0.295 e. The Balaban J connectivity index is 1.81. The number of fused-ring (bicyclic) bond motifs is 1. The van der Waals surface area contributed by atoms with Gasteiger partial charge in [-0.05, 0) is 50.0 Å². The van der Waals surface area contributed by atoms with Crippen LogP contribution in [-0.4, -0.2) is 81.1 Å². The maximum atomic E-state index is 13.1.